The van der Waals surface area contributed by atoms with Gasteiger partial charge in [0.05, 0.1) is 45.2 Å². The number of carbonyl (C=O) groups is 2. The fourth-order valence-electron chi connectivity index (χ4n) is 17.6. The number of benzene rings is 11. The molecule has 6 saturated heterocycles. The maximum absolute atomic E-state index is 12.9. The van der Waals surface area contributed by atoms with Gasteiger partial charge in [0.1, 0.15) is 0 Å². The molecule has 1 spiro atoms. The summed E-state index contributed by atoms with van der Waals surface area (Å²) in [7, 11) is 25.0. The van der Waals surface area contributed by atoms with Crippen molar-refractivity contribution in [3.05, 3.63) is 304 Å². The van der Waals surface area contributed by atoms with E-state index in [1.165, 1.54) is 94.9 Å². The topological polar surface area (TPSA) is 152 Å². The van der Waals surface area contributed by atoms with Gasteiger partial charge in [-0.1, -0.05) is 69.5 Å². The molecule has 0 saturated carbocycles. The Morgan fingerprint density at radius 1 is 0.346 bits per heavy atom. The second-order valence-electron chi connectivity index (χ2n) is 38.8. The van der Waals surface area contributed by atoms with Crippen LogP contribution in [0.3, 0.4) is 0 Å². The Bertz CT molecular complexity index is 5890. The van der Waals surface area contributed by atoms with Gasteiger partial charge in [0, 0.05) is 25.3 Å². The number of aryl methyl sites for hydroxylation is 3. The first kappa shape index (κ1) is 102. The first-order valence-corrected chi connectivity index (χ1v) is 72.1. The van der Waals surface area contributed by atoms with Crippen molar-refractivity contribution in [1.82, 2.24) is 0 Å². The van der Waals surface area contributed by atoms with Crippen molar-refractivity contribution >= 4 is 204 Å². The molecule has 11 aromatic rings. The van der Waals surface area contributed by atoms with Crippen molar-refractivity contribution in [3.63, 3.8) is 0 Å². The molecule has 25 heteroatoms. The number of carbonyl (C=O) groups excluding carboxylic acids is 4. The van der Waals surface area contributed by atoms with Gasteiger partial charge in [-0.3, -0.25) is 0 Å². The van der Waals surface area contributed by atoms with E-state index in [9.17, 15) is 9.59 Å². The van der Waals surface area contributed by atoms with E-state index in [0.717, 1.165) is 47.9 Å². The second kappa shape index (κ2) is 40.6. The van der Waals surface area contributed by atoms with Crippen molar-refractivity contribution in [2.45, 2.75) is 98.2 Å². The molecule has 0 aliphatic carbocycles. The number of rotatable bonds is 12. The molecule has 4 bridgehead atoms. The molecule has 0 amide bonds. The second-order valence-corrected chi connectivity index (χ2v) is 78.8. The molecule has 9 aliphatic heterocycles. The Balaban J connectivity index is 0.000000143. The average molecular weight is 2260 g/mol. The first-order valence-electron chi connectivity index (χ1n) is 43.7. The van der Waals surface area contributed by atoms with Crippen LogP contribution >= 0.6 is 63.7 Å². The van der Waals surface area contributed by atoms with Gasteiger partial charge in [-0.2, -0.15) is 9.59 Å². The fourth-order valence-corrected chi connectivity index (χ4v) is 48.3. The van der Waals surface area contributed by atoms with Crippen molar-refractivity contribution in [1.29, 1.82) is 0 Å². The van der Waals surface area contributed by atoms with Gasteiger partial charge in [0.2, 0.25) is 0 Å². The predicted octanol–water partition coefficient (Wildman–Crippen LogP) is 17.9. The van der Waals surface area contributed by atoms with Crippen LogP contribution in [0.15, 0.2) is 242 Å². The fraction of sp³-hybridized carbons (Fsp3) is 0.343. The van der Waals surface area contributed by atoms with Crippen LogP contribution in [0, 0.1) is 31.6 Å². The number of fused-ring (bicyclic) bond motifs is 14. The SMILES string of the molecule is CC12COC(c3ccc(C45OCC(C)(CO4)CO5)c(Br)c3)(OC1)OC2.CN(C)c1ccc(Br)[c]([Ge]([CH3])([CH3])[c]2cc(N(C)C)ccc2Br)c1.CN(C)c1ccc[c]([Ge]([CH3])([CH3])[c]2cccc(N(C)C)c2)c1.Cc1ccc2[c](c1)[Ge]([CH3])([CH3])[c]1cc(N(C)C)ccc1C21OC(=O)c2ccccc21.Cc1ccc2[c](c1)[Ge]([CH3])([CH3])[c]1cc(N(C)C)ccc1C2=O.Cc1cccc(Br)c1.O=C=O. The average Bonchev–Trinajstić information content (AvgIpc) is 1.47. The molecule has 0 N–H and O–H groups in total. The van der Waals surface area contributed by atoms with E-state index >= 15 is 0 Å². The van der Waals surface area contributed by atoms with Crippen molar-refractivity contribution < 1.29 is 52.3 Å². The molecule has 0 radical (unpaired) electrons. The molecule has 9 heterocycles. The Morgan fingerprint density at radius 2 is 0.715 bits per heavy atom. The summed E-state index contributed by atoms with van der Waals surface area (Å²) in [6, 6.07) is 79.2. The van der Waals surface area contributed by atoms with Crippen LogP contribution in [0.5, 0.6) is 0 Å². The molecular weight excluding hydrogens is 2130 g/mol. The molecule has 1 unspecified atom stereocenters. The summed E-state index contributed by atoms with van der Waals surface area (Å²) >= 11 is 4.84. The van der Waals surface area contributed by atoms with E-state index in [1.807, 2.05) is 86.9 Å². The van der Waals surface area contributed by atoms with Gasteiger partial charge < -0.3 is 28.4 Å². The number of hydrogen-bond acceptors (Lipinski definition) is 17. The molecule has 9 aliphatic rings. The molecule has 684 valence electrons. The van der Waals surface area contributed by atoms with E-state index in [-0.39, 0.29) is 28.7 Å². The van der Waals surface area contributed by atoms with E-state index in [4.69, 9.17) is 42.7 Å². The molecule has 0 aromatic heterocycles. The summed E-state index contributed by atoms with van der Waals surface area (Å²) in [6.07, 6.45) is 0.250. The van der Waals surface area contributed by atoms with Crippen molar-refractivity contribution in [3.8, 4) is 0 Å². The Kier molecular flexibility index (Phi) is 31.7. The zero-order valence-electron chi connectivity index (χ0n) is 79.8. The minimum absolute atomic E-state index is 0.0652. The van der Waals surface area contributed by atoms with E-state index in [1.54, 1.807) is 0 Å². The minimum atomic E-state index is -2.62. The van der Waals surface area contributed by atoms with Gasteiger partial charge in [0.15, 0.2) is 0 Å². The molecule has 130 heavy (non-hydrogen) atoms. The third-order valence-electron chi connectivity index (χ3n) is 25.8. The Hall–Kier alpha value is -7.41. The summed E-state index contributed by atoms with van der Waals surface area (Å²) in [4.78, 5) is 54.9. The zero-order valence-corrected chi connectivity index (χ0v) is 94.5. The van der Waals surface area contributed by atoms with Gasteiger partial charge in [0.25, 0.3) is 0 Å². The zero-order chi connectivity index (χ0) is 94.9. The molecule has 11 aromatic carbocycles. The maximum atomic E-state index is 12.9. The number of anilines is 6. The third kappa shape index (κ3) is 21.1. The Morgan fingerprint density at radius 3 is 1.18 bits per heavy atom. The van der Waals surface area contributed by atoms with Crippen LogP contribution in [-0.2, 0) is 60.3 Å². The standard InChI is InChI=1S/C25H25GeNO2.C18H24Br2GeN2.C18H21BrO6.C18H26GeN2.C18H21GeNO.C7H7Br.CO2/c1-16-10-12-20-22(14-16)26(2,3)23-15-17(27(4)5)11-13-21(23)25(20)19-9-7-6-8-18(19)24(28)29-25;1-21(2,17-11-13(22(3)4)7-9-15(17)19)18-12-14(23(5)6)8-10-16(18)20;1-15-6-20-17(21-7-15,22-8-15)12-3-4-13(14(19)5-12)18-23-9-16(2,10-24-18)11-25-18;1-19(2,15-9-7-11-17(13-15)20(3)4)16-10-8-12-18(14-16)21(5)6;1-12-6-8-14-16(10-12)19(2,3)17-11-13(20(4)5)7-9-15(17)18(14)21;1-6-3-2-4-7(8)5-6;2-1-3/h6-15H,1-5H3;7-12H,1-6H3;3-5H,6-11H2,1-2H3;7-14H,1-6H3;6-11H,1-5H3;2-5H,1H3;. The molecule has 20 rings (SSSR count). The summed E-state index contributed by atoms with van der Waals surface area (Å²) in [5.41, 5.74) is 17.6. The van der Waals surface area contributed by atoms with Crippen LogP contribution < -0.4 is 64.6 Å². The smallest absolute Gasteiger partial charge is 0.186 e. The number of nitrogens with zero attached hydrogens (tertiary/aromatic N) is 6. The summed E-state index contributed by atoms with van der Waals surface area (Å²) < 4.78 is 57.6. The van der Waals surface area contributed by atoms with Crippen LogP contribution in [0.2, 0.25) is 46.0 Å². The van der Waals surface area contributed by atoms with Crippen molar-refractivity contribution in [2.75, 3.05) is 154 Å². The number of halogens is 4. The van der Waals surface area contributed by atoms with E-state index in [2.05, 4.69) is 396 Å². The number of ketones is 1. The van der Waals surface area contributed by atoms with Gasteiger partial charge >= 0.3 is 613 Å². The monoisotopic (exact) mass is 2260 g/mol. The maximum Gasteiger partial charge on any atom is 0.373 e. The van der Waals surface area contributed by atoms with E-state index < -0.39 is 70.6 Å². The quantitative estimate of drug-likeness (QED) is 0.0841. The van der Waals surface area contributed by atoms with Crippen molar-refractivity contribution in [2.24, 2.45) is 10.8 Å². The van der Waals surface area contributed by atoms with Gasteiger partial charge in [-0.15, -0.1) is 0 Å². The predicted molar refractivity (Wildman–Crippen MR) is 558 cm³/mol. The number of ether oxygens (including phenoxy) is 7. The normalized spacial score (nSPS) is 20.4. The molecular formula is C105H124Br4Ge4N6O11. The summed E-state index contributed by atoms with van der Waals surface area (Å²) in [6.45, 7) is 14.2. The number of esters is 1. The number of hydrogen-bond donors (Lipinski definition) is 0. The van der Waals surface area contributed by atoms with Crippen LogP contribution in [0.1, 0.15) is 84.6 Å². The Labute approximate surface area is 814 Å². The first-order chi connectivity index (χ1) is 61.1. The van der Waals surface area contributed by atoms with Crippen LogP contribution in [0.25, 0.3) is 0 Å². The summed E-state index contributed by atoms with van der Waals surface area (Å²) in [5, 5.41) is 0. The summed E-state index contributed by atoms with van der Waals surface area (Å²) in [5.74, 6) is 17.2. The largest absolute Gasteiger partial charge is 0.373 e. The van der Waals surface area contributed by atoms with Gasteiger partial charge in [-0.25, -0.2) is 0 Å². The third-order valence-corrected chi connectivity index (χ3v) is 59.4. The van der Waals surface area contributed by atoms with Crippen LogP contribution in [0.4, 0.5) is 34.1 Å². The van der Waals surface area contributed by atoms with Crippen LogP contribution in [-0.4, -0.2) is 195 Å². The minimum Gasteiger partial charge on any atom is -0.186 e. The van der Waals surface area contributed by atoms with E-state index in [0.29, 0.717) is 45.2 Å². The molecule has 17 nitrogen and oxygen atoms in total. The van der Waals surface area contributed by atoms with Gasteiger partial charge in [-0.05, 0) is 31.2 Å². The molecule has 1 atom stereocenters. The molecule has 6 fully saturated rings.